The number of nitrogens with zero attached hydrogens (tertiary/aromatic N) is 2. The van der Waals surface area contributed by atoms with Crippen molar-refractivity contribution in [3.8, 4) is 5.75 Å². The zero-order valence-corrected chi connectivity index (χ0v) is 12.4. The van der Waals surface area contributed by atoms with Gasteiger partial charge in [0.05, 0.1) is 25.8 Å². The molecular formula is C14H15F3N2O4. The molecule has 0 bridgehead atoms. The number of carbonyl (C=O) groups is 1. The van der Waals surface area contributed by atoms with Gasteiger partial charge in [0.15, 0.2) is 0 Å². The van der Waals surface area contributed by atoms with Crippen molar-refractivity contribution < 1.29 is 32.5 Å². The Kier molecular flexibility index (Phi) is 4.51. The number of alkyl halides is 3. The lowest BCUT2D eigenvalue weighted by molar-refractivity contribution is -0.299. The molecule has 1 aromatic rings. The Morgan fingerprint density at radius 1 is 1.39 bits per heavy atom. The molecule has 1 aliphatic rings. The van der Waals surface area contributed by atoms with Crippen LogP contribution in [0, 0.1) is 0 Å². The van der Waals surface area contributed by atoms with Crippen LogP contribution in [0.1, 0.15) is 18.9 Å². The van der Waals surface area contributed by atoms with E-state index in [4.69, 9.17) is 4.74 Å². The Morgan fingerprint density at radius 2 is 2.00 bits per heavy atom. The summed E-state index contributed by atoms with van der Waals surface area (Å²) < 4.78 is 49.1. The molecule has 1 unspecified atom stereocenters. The topological polar surface area (TPSA) is 71.4 Å². The summed E-state index contributed by atoms with van der Waals surface area (Å²) in [6, 6.07) is 6.06. The van der Waals surface area contributed by atoms with Gasteiger partial charge in [0.25, 0.3) is 5.72 Å². The van der Waals surface area contributed by atoms with Crippen LogP contribution in [-0.2, 0) is 4.74 Å². The standard InChI is InChI=1S/C14H15F3N2O4/c1-3-23-12(20)19-13(21,14(15,16)17)8-11(18-19)9-4-6-10(22-2)7-5-9/h4-7,21H,3,8H2,1-2H3. The van der Waals surface area contributed by atoms with Crippen LogP contribution in [0.4, 0.5) is 18.0 Å². The quantitative estimate of drug-likeness (QED) is 0.923. The van der Waals surface area contributed by atoms with E-state index in [0.29, 0.717) is 11.3 Å². The summed E-state index contributed by atoms with van der Waals surface area (Å²) in [5.41, 5.74) is -3.19. The number of carbonyl (C=O) groups excluding carboxylic acids is 1. The lowest BCUT2D eigenvalue weighted by Gasteiger charge is -2.31. The minimum atomic E-state index is -5.09. The van der Waals surface area contributed by atoms with Crippen LogP contribution in [0.2, 0.25) is 0 Å². The first kappa shape index (κ1) is 17.1. The zero-order valence-electron chi connectivity index (χ0n) is 12.4. The van der Waals surface area contributed by atoms with Crippen LogP contribution in [0.3, 0.4) is 0 Å². The number of aliphatic hydroxyl groups is 1. The van der Waals surface area contributed by atoms with Crippen molar-refractivity contribution in [1.29, 1.82) is 0 Å². The number of benzene rings is 1. The predicted octanol–water partition coefficient (Wildman–Crippen LogP) is 2.51. The van der Waals surface area contributed by atoms with Gasteiger partial charge in [0.1, 0.15) is 5.75 Å². The van der Waals surface area contributed by atoms with Crippen LogP contribution in [-0.4, -0.2) is 47.5 Å². The maximum absolute atomic E-state index is 13.2. The van der Waals surface area contributed by atoms with Crippen LogP contribution < -0.4 is 4.74 Å². The van der Waals surface area contributed by atoms with E-state index in [2.05, 4.69) is 9.84 Å². The number of halogens is 3. The third-order valence-electron chi connectivity index (χ3n) is 3.30. The average Bonchev–Trinajstić information content (AvgIpc) is 2.87. The first-order chi connectivity index (χ1) is 10.7. The Hall–Kier alpha value is -2.29. The highest BCUT2D eigenvalue weighted by Crippen LogP contribution is 2.41. The second-order valence-electron chi connectivity index (χ2n) is 4.78. The number of hydrazone groups is 1. The van der Waals surface area contributed by atoms with Gasteiger partial charge in [0.2, 0.25) is 0 Å². The highest BCUT2D eigenvalue weighted by atomic mass is 19.4. The molecule has 1 amide bonds. The van der Waals surface area contributed by atoms with Gasteiger partial charge >= 0.3 is 12.3 Å². The smallest absolute Gasteiger partial charge is 0.439 e. The molecule has 2 rings (SSSR count). The van der Waals surface area contributed by atoms with E-state index in [1.165, 1.54) is 38.3 Å². The fourth-order valence-electron chi connectivity index (χ4n) is 2.09. The molecule has 6 nitrogen and oxygen atoms in total. The minimum Gasteiger partial charge on any atom is -0.497 e. The van der Waals surface area contributed by atoms with Gasteiger partial charge in [-0.3, -0.25) is 0 Å². The summed E-state index contributed by atoms with van der Waals surface area (Å²) >= 11 is 0. The highest BCUT2D eigenvalue weighted by Gasteiger charge is 2.64. The van der Waals surface area contributed by atoms with Gasteiger partial charge in [-0.05, 0) is 36.8 Å². The van der Waals surface area contributed by atoms with Gasteiger partial charge in [-0.2, -0.15) is 23.3 Å². The molecule has 0 saturated carbocycles. The van der Waals surface area contributed by atoms with Crippen molar-refractivity contribution in [1.82, 2.24) is 5.01 Å². The summed E-state index contributed by atoms with van der Waals surface area (Å²) in [7, 11) is 1.45. The number of ether oxygens (including phenoxy) is 2. The number of amides is 1. The minimum absolute atomic E-state index is 0.0595. The normalized spacial score (nSPS) is 21.1. The van der Waals surface area contributed by atoms with E-state index in [9.17, 15) is 23.1 Å². The molecule has 1 heterocycles. The first-order valence-corrected chi connectivity index (χ1v) is 6.71. The number of hydrogen-bond donors (Lipinski definition) is 1. The summed E-state index contributed by atoms with van der Waals surface area (Å²) in [5, 5.41) is 13.5. The van der Waals surface area contributed by atoms with Crippen molar-refractivity contribution >= 4 is 11.8 Å². The van der Waals surface area contributed by atoms with Crippen molar-refractivity contribution in [3.05, 3.63) is 29.8 Å². The van der Waals surface area contributed by atoms with E-state index >= 15 is 0 Å². The Balaban J connectivity index is 2.38. The van der Waals surface area contributed by atoms with Crippen LogP contribution >= 0.6 is 0 Å². The van der Waals surface area contributed by atoms with E-state index in [0.717, 1.165) is 0 Å². The third-order valence-corrected chi connectivity index (χ3v) is 3.30. The predicted molar refractivity (Wildman–Crippen MR) is 74.0 cm³/mol. The third kappa shape index (κ3) is 3.09. The molecule has 0 fully saturated rings. The maximum Gasteiger partial charge on any atom is 0.439 e. The molecule has 0 radical (unpaired) electrons. The van der Waals surface area contributed by atoms with Crippen molar-refractivity contribution in [2.75, 3.05) is 13.7 Å². The SMILES string of the molecule is CCOC(=O)N1N=C(c2ccc(OC)cc2)CC1(O)C(F)(F)F. The molecule has 126 valence electrons. The number of rotatable bonds is 3. The zero-order chi connectivity index (χ0) is 17.3. The van der Waals surface area contributed by atoms with E-state index in [1.54, 1.807) is 0 Å². The average molecular weight is 332 g/mol. The highest BCUT2D eigenvalue weighted by molar-refractivity contribution is 6.03. The van der Waals surface area contributed by atoms with Gasteiger partial charge in [-0.25, -0.2) is 4.79 Å². The first-order valence-electron chi connectivity index (χ1n) is 6.71. The van der Waals surface area contributed by atoms with E-state index in [-0.39, 0.29) is 17.3 Å². The molecule has 9 heteroatoms. The summed E-state index contributed by atoms with van der Waals surface area (Å²) in [6.07, 6.45) is -7.34. The fraction of sp³-hybridized carbons (Fsp3) is 0.429. The molecule has 23 heavy (non-hydrogen) atoms. The molecule has 0 aromatic heterocycles. The van der Waals surface area contributed by atoms with Crippen molar-refractivity contribution in [2.24, 2.45) is 5.10 Å². The second kappa shape index (κ2) is 6.07. The lowest BCUT2D eigenvalue weighted by Crippen LogP contribution is -2.56. The largest absolute Gasteiger partial charge is 0.497 e. The lowest BCUT2D eigenvalue weighted by atomic mass is 10.0. The van der Waals surface area contributed by atoms with Gasteiger partial charge in [-0.15, -0.1) is 0 Å². The molecule has 1 aliphatic heterocycles. The Labute approximate surface area is 130 Å². The summed E-state index contributed by atoms with van der Waals surface area (Å²) in [6.45, 7) is 1.30. The molecule has 1 N–H and O–H groups in total. The summed E-state index contributed by atoms with van der Waals surface area (Å²) in [5.74, 6) is 0.515. The van der Waals surface area contributed by atoms with E-state index < -0.39 is 24.4 Å². The Bertz CT molecular complexity index is 615. The van der Waals surface area contributed by atoms with Gasteiger partial charge < -0.3 is 14.6 Å². The second-order valence-corrected chi connectivity index (χ2v) is 4.78. The van der Waals surface area contributed by atoms with Crippen molar-refractivity contribution in [2.45, 2.75) is 25.2 Å². The molecule has 0 aliphatic carbocycles. The summed E-state index contributed by atoms with van der Waals surface area (Å²) in [4.78, 5) is 11.7. The van der Waals surface area contributed by atoms with E-state index in [1.807, 2.05) is 0 Å². The van der Waals surface area contributed by atoms with Crippen LogP contribution in [0.15, 0.2) is 29.4 Å². The Morgan fingerprint density at radius 3 is 2.48 bits per heavy atom. The maximum atomic E-state index is 13.2. The fourth-order valence-corrected chi connectivity index (χ4v) is 2.09. The molecule has 1 aromatic carbocycles. The van der Waals surface area contributed by atoms with Crippen LogP contribution in [0.25, 0.3) is 0 Å². The number of hydrogen-bond acceptors (Lipinski definition) is 5. The van der Waals surface area contributed by atoms with Gasteiger partial charge in [-0.1, -0.05) is 0 Å². The molecule has 1 atom stereocenters. The number of methoxy groups -OCH3 is 1. The monoisotopic (exact) mass is 332 g/mol. The van der Waals surface area contributed by atoms with Crippen LogP contribution in [0.5, 0.6) is 5.75 Å². The van der Waals surface area contributed by atoms with Gasteiger partial charge in [0, 0.05) is 0 Å². The molecular weight excluding hydrogens is 317 g/mol. The molecule has 0 saturated heterocycles. The van der Waals surface area contributed by atoms with Crippen molar-refractivity contribution in [3.63, 3.8) is 0 Å². The molecule has 0 spiro atoms.